The van der Waals surface area contributed by atoms with Crippen molar-refractivity contribution in [2.24, 2.45) is 5.41 Å². The quantitative estimate of drug-likeness (QED) is 0.225. The third-order valence-electron chi connectivity index (χ3n) is 10.8. The highest BCUT2D eigenvalue weighted by Gasteiger charge is 2.53. The molecule has 0 radical (unpaired) electrons. The predicted octanol–water partition coefficient (Wildman–Crippen LogP) is 10.1. The van der Waals surface area contributed by atoms with Gasteiger partial charge in [-0.3, -0.25) is 0 Å². The summed E-state index contributed by atoms with van der Waals surface area (Å²) < 4.78 is 0. The molecule has 3 aliphatic rings. The van der Waals surface area contributed by atoms with Gasteiger partial charge in [0.25, 0.3) is 0 Å². The van der Waals surface area contributed by atoms with E-state index in [0.717, 1.165) is 6.42 Å². The van der Waals surface area contributed by atoms with Crippen LogP contribution in [0.15, 0.2) is 109 Å². The third-order valence-corrected chi connectivity index (χ3v) is 10.8. The summed E-state index contributed by atoms with van der Waals surface area (Å²) in [5.41, 5.74) is 8.23. The van der Waals surface area contributed by atoms with Crippen molar-refractivity contribution in [1.82, 2.24) is 0 Å². The molecule has 0 saturated carbocycles. The fourth-order valence-corrected chi connectivity index (χ4v) is 9.44. The van der Waals surface area contributed by atoms with Gasteiger partial charge in [-0.25, -0.2) is 0 Å². The Morgan fingerprint density at radius 1 is 0.537 bits per heavy atom. The maximum Gasteiger partial charge on any atom is 0.0690 e. The van der Waals surface area contributed by atoms with E-state index < -0.39 is 5.41 Å². The van der Waals surface area contributed by atoms with E-state index in [-0.39, 0.29) is 17.8 Å². The lowest BCUT2D eigenvalue weighted by Crippen LogP contribution is -2.29. The highest BCUT2D eigenvalue weighted by Crippen LogP contribution is 2.67. The van der Waals surface area contributed by atoms with E-state index in [2.05, 4.69) is 129 Å². The van der Waals surface area contributed by atoms with Gasteiger partial charge in [-0.05, 0) is 104 Å². The van der Waals surface area contributed by atoms with Gasteiger partial charge < -0.3 is 0 Å². The SMILES string of the molecule is CC(C)(C#N)[C@@H]1c2cccc3cccc(c23)[C@H]1[C@H]1c2cccc3cccc(c23)[C@@H]1[C@H]1Cc2cccc3cccc1c23. The lowest BCUT2D eigenvalue weighted by Gasteiger charge is -2.40. The molecule has 0 aliphatic heterocycles. The van der Waals surface area contributed by atoms with Crippen molar-refractivity contribution in [3.63, 3.8) is 0 Å². The van der Waals surface area contributed by atoms with Crippen molar-refractivity contribution in [2.45, 2.75) is 49.9 Å². The molecule has 0 spiro atoms. The highest BCUT2D eigenvalue weighted by atomic mass is 14.6. The molecule has 5 atom stereocenters. The summed E-state index contributed by atoms with van der Waals surface area (Å²) in [7, 11) is 0. The van der Waals surface area contributed by atoms with E-state index >= 15 is 0 Å². The van der Waals surface area contributed by atoms with Crippen LogP contribution in [0.2, 0.25) is 0 Å². The molecule has 0 heterocycles. The smallest absolute Gasteiger partial charge is 0.0690 e. The molecule has 6 aromatic carbocycles. The molecular formula is C40H31N. The maximum atomic E-state index is 10.6. The van der Waals surface area contributed by atoms with Crippen LogP contribution in [0.3, 0.4) is 0 Å². The Bertz CT molecular complexity index is 2090. The molecule has 0 fully saturated rings. The van der Waals surface area contributed by atoms with Gasteiger partial charge in [0.15, 0.2) is 0 Å². The highest BCUT2D eigenvalue weighted by molar-refractivity contribution is 5.97. The Morgan fingerprint density at radius 2 is 1.00 bits per heavy atom. The topological polar surface area (TPSA) is 23.8 Å². The Kier molecular flexibility index (Phi) is 4.59. The minimum absolute atomic E-state index is 0.116. The second-order valence-corrected chi connectivity index (χ2v) is 13.1. The molecule has 0 N–H and O–H groups in total. The molecule has 1 nitrogen and oxygen atoms in total. The number of nitriles is 1. The number of hydrogen-bond acceptors (Lipinski definition) is 1. The summed E-state index contributed by atoms with van der Waals surface area (Å²) in [6.07, 6.45) is 1.07. The van der Waals surface area contributed by atoms with Gasteiger partial charge >= 0.3 is 0 Å². The maximum absolute atomic E-state index is 10.6. The van der Waals surface area contributed by atoms with Gasteiger partial charge in [0.2, 0.25) is 0 Å². The second kappa shape index (κ2) is 8.08. The molecular weight excluding hydrogens is 494 g/mol. The Morgan fingerprint density at radius 3 is 1.61 bits per heavy atom. The first-order chi connectivity index (χ1) is 20.1. The van der Waals surface area contributed by atoms with Crippen LogP contribution in [0.1, 0.15) is 76.8 Å². The third kappa shape index (κ3) is 2.95. The van der Waals surface area contributed by atoms with Crippen LogP contribution in [0.4, 0.5) is 0 Å². The van der Waals surface area contributed by atoms with E-state index in [1.807, 2.05) is 0 Å². The first-order valence-electron chi connectivity index (χ1n) is 15.0. The molecule has 0 saturated heterocycles. The average molecular weight is 526 g/mol. The van der Waals surface area contributed by atoms with Gasteiger partial charge in [0.1, 0.15) is 0 Å². The zero-order valence-corrected chi connectivity index (χ0v) is 23.4. The summed E-state index contributed by atoms with van der Waals surface area (Å²) in [6, 6.07) is 44.0. The van der Waals surface area contributed by atoms with E-state index in [0.29, 0.717) is 11.8 Å². The monoisotopic (exact) mass is 525 g/mol. The zero-order chi connectivity index (χ0) is 27.5. The van der Waals surface area contributed by atoms with Crippen LogP contribution >= 0.6 is 0 Å². The van der Waals surface area contributed by atoms with Crippen molar-refractivity contribution in [2.75, 3.05) is 0 Å². The van der Waals surface area contributed by atoms with E-state index in [1.165, 1.54) is 65.7 Å². The predicted molar refractivity (Wildman–Crippen MR) is 169 cm³/mol. The summed E-state index contributed by atoms with van der Waals surface area (Å²) in [5.74, 6) is 1.34. The first kappa shape index (κ1) is 23.3. The molecule has 41 heavy (non-hydrogen) atoms. The lowest BCUT2D eigenvalue weighted by atomic mass is 9.62. The molecule has 9 rings (SSSR count). The van der Waals surface area contributed by atoms with Crippen LogP contribution in [0, 0.1) is 16.7 Å². The van der Waals surface area contributed by atoms with Gasteiger partial charge in [-0.2, -0.15) is 5.26 Å². The molecule has 1 heteroatoms. The molecule has 6 aromatic rings. The first-order valence-corrected chi connectivity index (χ1v) is 15.0. The van der Waals surface area contributed by atoms with E-state index in [4.69, 9.17) is 0 Å². The minimum Gasteiger partial charge on any atom is -0.198 e. The van der Waals surface area contributed by atoms with Crippen molar-refractivity contribution >= 4 is 32.3 Å². The van der Waals surface area contributed by atoms with Gasteiger partial charge in [0, 0.05) is 11.8 Å². The molecule has 0 amide bonds. The Hall–Kier alpha value is -4.41. The fourth-order valence-electron chi connectivity index (χ4n) is 9.44. The second-order valence-electron chi connectivity index (χ2n) is 13.1. The number of nitrogens with zero attached hydrogens (tertiary/aromatic N) is 1. The van der Waals surface area contributed by atoms with E-state index in [1.54, 1.807) is 0 Å². The standard InChI is InChI=1S/C40H31N/c1-40(2,22-41)39-31-20-8-14-25-13-7-19-30(35(25)31)38(39)37-29-18-6-12-24-11-5-17-28(34(24)29)36(37)32-21-26-15-3-9-23-10-4-16-27(32)33(23)26/h3-20,32,36-39H,21H2,1-2H3/t32-,36+,37-,38-,39+/m0/s1. The van der Waals surface area contributed by atoms with Crippen LogP contribution in [0.25, 0.3) is 32.3 Å². The van der Waals surface area contributed by atoms with Gasteiger partial charge in [-0.15, -0.1) is 0 Å². The molecule has 3 aliphatic carbocycles. The van der Waals surface area contributed by atoms with Crippen LogP contribution in [-0.4, -0.2) is 0 Å². The minimum atomic E-state index is -0.510. The fraction of sp³-hybridized carbons (Fsp3) is 0.225. The number of benzene rings is 6. The Balaban J connectivity index is 1.34. The average Bonchev–Trinajstić information content (AvgIpc) is 3.65. The van der Waals surface area contributed by atoms with E-state index in [9.17, 15) is 5.26 Å². The molecule has 0 aromatic heterocycles. The van der Waals surface area contributed by atoms with Crippen LogP contribution in [-0.2, 0) is 6.42 Å². The van der Waals surface area contributed by atoms with Crippen molar-refractivity contribution < 1.29 is 0 Å². The van der Waals surface area contributed by atoms with Gasteiger partial charge in [0.05, 0.1) is 11.5 Å². The summed E-state index contributed by atoms with van der Waals surface area (Å²) in [5, 5.41) is 18.9. The largest absolute Gasteiger partial charge is 0.198 e. The summed E-state index contributed by atoms with van der Waals surface area (Å²) in [6.45, 7) is 4.33. The summed E-state index contributed by atoms with van der Waals surface area (Å²) >= 11 is 0. The summed E-state index contributed by atoms with van der Waals surface area (Å²) in [4.78, 5) is 0. The van der Waals surface area contributed by atoms with Crippen molar-refractivity contribution in [3.05, 3.63) is 143 Å². The lowest BCUT2D eigenvalue weighted by molar-refractivity contribution is 0.287. The molecule has 196 valence electrons. The number of rotatable bonds is 3. The Labute approximate surface area is 241 Å². The zero-order valence-electron chi connectivity index (χ0n) is 23.4. The molecule has 0 bridgehead atoms. The number of hydrogen-bond donors (Lipinski definition) is 0. The molecule has 0 unspecified atom stereocenters. The normalized spacial score (nSPS) is 24.0. The van der Waals surface area contributed by atoms with Crippen LogP contribution < -0.4 is 0 Å². The van der Waals surface area contributed by atoms with Gasteiger partial charge in [-0.1, -0.05) is 109 Å². The van der Waals surface area contributed by atoms with Crippen LogP contribution in [0.5, 0.6) is 0 Å². The van der Waals surface area contributed by atoms with Crippen molar-refractivity contribution in [3.8, 4) is 6.07 Å². The van der Waals surface area contributed by atoms with Crippen molar-refractivity contribution in [1.29, 1.82) is 5.26 Å².